The molecule has 0 saturated heterocycles. The largest absolute Gasteiger partial charge is 0.480 e. The van der Waals surface area contributed by atoms with Crippen LogP contribution in [-0.4, -0.2) is 43.7 Å². The van der Waals surface area contributed by atoms with Gasteiger partial charge in [-0.05, 0) is 51.7 Å². The number of carbonyl (C=O) groups excluding carboxylic acids is 1. The Morgan fingerprint density at radius 3 is 1.96 bits per heavy atom. The lowest BCUT2D eigenvalue weighted by atomic mass is 10.1. The fourth-order valence-corrected chi connectivity index (χ4v) is 3.32. The fraction of sp³-hybridized carbons (Fsp3) is 0.900. The average molecular weight is 404 g/mol. The molecule has 1 amide bonds. The Bertz CT molecular complexity index is 466. The summed E-state index contributed by atoms with van der Waals surface area (Å²) in [6.45, 7) is 17.3. The van der Waals surface area contributed by atoms with Crippen LogP contribution in [0.4, 0.5) is 4.79 Å². The maximum Gasteiger partial charge on any atom is 0.408 e. The molecule has 0 bridgehead atoms. The van der Waals surface area contributed by atoms with Crippen molar-refractivity contribution in [1.82, 2.24) is 5.32 Å². The Kier molecular flexibility index (Phi) is 10.6. The zero-order valence-electron chi connectivity index (χ0n) is 18.6. The molecule has 0 spiro atoms. The first kappa shape index (κ1) is 25.9. The minimum Gasteiger partial charge on any atom is -0.480 e. The SMILES string of the molecule is CC(C)(C)OC(=O)N[C@@H](CCCCCCCO[Si](C)(C)C(C)(C)C)C(=O)O. The zero-order valence-corrected chi connectivity index (χ0v) is 19.6. The molecule has 2 N–H and O–H groups in total. The maximum absolute atomic E-state index is 11.7. The Morgan fingerprint density at radius 2 is 1.48 bits per heavy atom. The summed E-state index contributed by atoms with van der Waals surface area (Å²) in [5, 5.41) is 11.9. The number of ether oxygens (including phenoxy) is 1. The molecule has 0 aromatic carbocycles. The summed E-state index contributed by atoms with van der Waals surface area (Å²) < 4.78 is 11.3. The van der Waals surface area contributed by atoms with Gasteiger partial charge in [-0.15, -0.1) is 0 Å². The Balaban J connectivity index is 3.97. The van der Waals surface area contributed by atoms with E-state index in [0.29, 0.717) is 6.42 Å². The van der Waals surface area contributed by atoms with Crippen molar-refractivity contribution in [2.75, 3.05) is 6.61 Å². The van der Waals surface area contributed by atoms with Gasteiger partial charge in [0.15, 0.2) is 8.32 Å². The van der Waals surface area contributed by atoms with E-state index in [4.69, 9.17) is 9.16 Å². The van der Waals surface area contributed by atoms with Crippen LogP contribution in [0.2, 0.25) is 18.1 Å². The molecule has 0 aromatic rings. The number of hydrogen-bond acceptors (Lipinski definition) is 4. The van der Waals surface area contributed by atoms with Crippen molar-refractivity contribution in [3.63, 3.8) is 0 Å². The Hall–Kier alpha value is -1.08. The van der Waals surface area contributed by atoms with Crippen LogP contribution in [-0.2, 0) is 14.0 Å². The number of alkyl carbamates (subject to hydrolysis) is 1. The molecular weight excluding hydrogens is 362 g/mol. The van der Waals surface area contributed by atoms with E-state index in [1.807, 2.05) is 0 Å². The lowest BCUT2D eigenvalue weighted by Crippen LogP contribution is -2.43. The molecule has 1 atom stereocenters. The third kappa shape index (κ3) is 12.1. The van der Waals surface area contributed by atoms with E-state index in [1.165, 1.54) is 0 Å². The summed E-state index contributed by atoms with van der Waals surface area (Å²) in [6, 6.07) is -0.901. The molecule has 0 fully saturated rings. The van der Waals surface area contributed by atoms with E-state index < -0.39 is 32.0 Å². The molecule has 0 aliphatic carbocycles. The summed E-state index contributed by atoms with van der Waals surface area (Å²) in [5.74, 6) is -1.02. The number of nitrogens with one attached hydrogen (secondary N) is 1. The van der Waals surface area contributed by atoms with Crippen LogP contribution in [0.25, 0.3) is 0 Å². The molecule has 0 radical (unpaired) electrons. The molecule has 0 unspecified atom stereocenters. The molecule has 160 valence electrons. The Labute approximate surface area is 166 Å². The minimum absolute atomic E-state index is 0.236. The second kappa shape index (κ2) is 11.0. The van der Waals surface area contributed by atoms with Gasteiger partial charge in [0.05, 0.1) is 0 Å². The van der Waals surface area contributed by atoms with Gasteiger partial charge < -0.3 is 19.6 Å². The monoisotopic (exact) mass is 403 g/mol. The summed E-state index contributed by atoms with van der Waals surface area (Å²) in [5.41, 5.74) is -0.639. The molecule has 0 heterocycles. The summed E-state index contributed by atoms with van der Waals surface area (Å²) >= 11 is 0. The molecule has 0 saturated carbocycles. The van der Waals surface area contributed by atoms with Gasteiger partial charge in [-0.2, -0.15) is 0 Å². The van der Waals surface area contributed by atoms with E-state index in [-0.39, 0.29) is 5.04 Å². The molecule has 6 nitrogen and oxygen atoms in total. The first-order chi connectivity index (χ1) is 12.2. The topological polar surface area (TPSA) is 84.9 Å². The van der Waals surface area contributed by atoms with E-state index in [9.17, 15) is 14.7 Å². The number of unbranched alkanes of at least 4 members (excludes halogenated alkanes) is 4. The molecule has 7 heteroatoms. The van der Waals surface area contributed by atoms with Crippen LogP contribution in [0.15, 0.2) is 0 Å². The van der Waals surface area contributed by atoms with E-state index >= 15 is 0 Å². The third-order valence-electron chi connectivity index (χ3n) is 4.90. The van der Waals surface area contributed by atoms with Gasteiger partial charge in [0.1, 0.15) is 11.6 Å². The fourth-order valence-electron chi connectivity index (χ4n) is 2.23. The van der Waals surface area contributed by atoms with Crippen LogP contribution in [0.1, 0.15) is 80.1 Å². The first-order valence-corrected chi connectivity index (χ1v) is 12.9. The molecule has 0 aliphatic rings. The second-order valence-electron chi connectivity index (χ2n) is 9.70. The lowest BCUT2D eigenvalue weighted by molar-refractivity contribution is -0.139. The van der Waals surface area contributed by atoms with Crippen LogP contribution in [0, 0.1) is 0 Å². The quantitative estimate of drug-likeness (QED) is 0.360. The van der Waals surface area contributed by atoms with Gasteiger partial charge in [-0.25, -0.2) is 9.59 Å². The van der Waals surface area contributed by atoms with Crippen molar-refractivity contribution >= 4 is 20.4 Å². The molecular formula is C20H41NO5Si. The van der Waals surface area contributed by atoms with Crippen molar-refractivity contribution in [1.29, 1.82) is 0 Å². The Morgan fingerprint density at radius 1 is 0.963 bits per heavy atom. The van der Waals surface area contributed by atoms with Gasteiger partial charge >= 0.3 is 12.1 Å². The van der Waals surface area contributed by atoms with Gasteiger partial charge in [0.2, 0.25) is 0 Å². The number of carboxylic acid groups (broad SMARTS) is 1. The molecule has 0 rings (SSSR count). The highest BCUT2D eigenvalue weighted by molar-refractivity contribution is 6.74. The summed E-state index contributed by atoms with van der Waals surface area (Å²) in [4.78, 5) is 23.0. The van der Waals surface area contributed by atoms with Crippen LogP contribution >= 0.6 is 0 Å². The van der Waals surface area contributed by atoms with Gasteiger partial charge in [0.25, 0.3) is 0 Å². The van der Waals surface area contributed by atoms with E-state index in [0.717, 1.165) is 38.7 Å². The maximum atomic E-state index is 11.7. The number of amides is 1. The minimum atomic E-state index is -1.66. The first-order valence-electron chi connectivity index (χ1n) is 10.0. The molecule has 0 aliphatic heterocycles. The molecule has 27 heavy (non-hydrogen) atoms. The van der Waals surface area contributed by atoms with Gasteiger partial charge in [-0.3, -0.25) is 0 Å². The van der Waals surface area contributed by atoms with Crippen LogP contribution in [0.5, 0.6) is 0 Å². The van der Waals surface area contributed by atoms with Crippen LogP contribution in [0.3, 0.4) is 0 Å². The van der Waals surface area contributed by atoms with E-state index in [2.05, 4.69) is 39.2 Å². The van der Waals surface area contributed by atoms with Crippen molar-refractivity contribution in [3.05, 3.63) is 0 Å². The number of hydrogen-bond donors (Lipinski definition) is 2. The van der Waals surface area contributed by atoms with Crippen LogP contribution < -0.4 is 5.32 Å². The van der Waals surface area contributed by atoms with Crippen molar-refractivity contribution in [2.24, 2.45) is 0 Å². The lowest BCUT2D eigenvalue weighted by Gasteiger charge is -2.36. The zero-order chi connectivity index (χ0) is 21.3. The third-order valence-corrected chi connectivity index (χ3v) is 9.43. The van der Waals surface area contributed by atoms with Gasteiger partial charge in [0, 0.05) is 6.61 Å². The van der Waals surface area contributed by atoms with Crippen molar-refractivity contribution in [2.45, 2.75) is 110 Å². The number of carboxylic acids is 1. The number of carbonyl (C=O) groups is 2. The van der Waals surface area contributed by atoms with Crippen molar-refractivity contribution in [3.8, 4) is 0 Å². The average Bonchev–Trinajstić information content (AvgIpc) is 2.45. The standard InChI is InChI=1S/C20H41NO5Si/c1-19(2,3)26-18(24)21-16(17(22)23)14-12-10-9-11-13-15-25-27(7,8)20(4,5)6/h16H,9-15H2,1-8H3,(H,21,24)(H,22,23)/t16-/m0/s1. The number of rotatable bonds is 11. The van der Waals surface area contributed by atoms with Gasteiger partial charge in [-0.1, -0.05) is 46.5 Å². The highest BCUT2D eigenvalue weighted by Gasteiger charge is 2.36. The normalized spacial score (nSPS) is 13.9. The highest BCUT2D eigenvalue weighted by atomic mass is 28.4. The summed E-state index contributed by atoms with van der Waals surface area (Å²) in [6.07, 6.45) is 4.58. The highest BCUT2D eigenvalue weighted by Crippen LogP contribution is 2.36. The number of aliphatic carboxylic acids is 1. The second-order valence-corrected chi connectivity index (χ2v) is 14.5. The summed E-state index contributed by atoms with van der Waals surface area (Å²) in [7, 11) is -1.66. The predicted octanol–water partition coefficient (Wildman–Crippen LogP) is 5.33. The van der Waals surface area contributed by atoms with E-state index in [1.54, 1.807) is 20.8 Å². The smallest absolute Gasteiger partial charge is 0.408 e. The van der Waals surface area contributed by atoms with Crippen molar-refractivity contribution < 1.29 is 23.9 Å². The predicted molar refractivity (Wildman–Crippen MR) is 112 cm³/mol. The molecule has 0 aromatic heterocycles.